The van der Waals surface area contributed by atoms with Gasteiger partial charge in [-0.25, -0.2) is 4.39 Å². The van der Waals surface area contributed by atoms with Crippen molar-refractivity contribution in [1.29, 1.82) is 0 Å². The number of hydrogen-bond donors (Lipinski definition) is 1. The molecule has 0 fully saturated rings. The van der Waals surface area contributed by atoms with Gasteiger partial charge in [0.1, 0.15) is 18.1 Å². The highest BCUT2D eigenvalue weighted by Gasteiger charge is 2.17. The Morgan fingerprint density at radius 1 is 0.933 bits per heavy atom. The smallest absolute Gasteiger partial charge is 0.325 e. The number of ether oxygens (including phenoxy) is 5. The normalized spacial score (nSPS) is 10.1. The summed E-state index contributed by atoms with van der Waals surface area (Å²) in [7, 11) is 4.34. The minimum atomic E-state index is -0.586. The number of rotatable bonds is 11. The van der Waals surface area contributed by atoms with Crippen molar-refractivity contribution in [2.75, 3.05) is 41.1 Å². The van der Waals surface area contributed by atoms with E-state index in [1.165, 1.54) is 57.7 Å². The van der Waals surface area contributed by atoms with E-state index < -0.39 is 11.9 Å². The first-order valence-corrected chi connectivity index (χ1v) is 9.10. The molecule has 9 heteroatoms. The summed E-state index contributed by atoms with van der Waals surface area (Å²) in [4.78, 5) is 24.1. The van der Waals surface area contributed by atoms with E-state index in [0.29, 0.717) is 36.0 Å². The summed E-state index contributed by atoms with van der Waals surface area (Å²) in [5.74, 6) is 0.115. The third-order valence-electron chi connectivity index (χ3n) is 3.95. The fourth-order valence-electron chi connectivity index (χ4n) is 2.48. The van der Waals surface area contributed by atoms with Crippen LogP contribution >= 0.6 is 0 Å². The predicted molar refractivity (Wildman–Crippen MR) is 106 cm³/mol. The first-order valence-electron chi connectivity index (χ1n) is 9.10. The Morgan fingerprint density at radius 2 is 1.57 bits per heavy atom. The summed E-state index contributed by atoms with van der Waals surface area (Å²) in [5.41, 5.74) is 0.241. The first-order chi connectivity index (χ1) is 14.5. The molecule has 30 heavy (non-hydrogen) atoms. The Labute approximate surface area is 173 Å². The minimum absolute atomic E-state index is 0.125. The standard InChI is InChI=1S/C21H24FNO7/c1-26-17-11-14(12-18(27-2)20(17)28-3)21(25)23-13-19(24)30-10-4-9-29-16-7-5-15(22)6-8-16/h5-8,11-12H,4,9-10,13H2,1-3H3,(H,23,25). The van der Waals surface area contributed by atoms with Gasteiger partial charge in [0, 0.05) is 12.0 Å². The summed E-state index contributed by atoms with van der Waals surface area (Å²) < 4.78 is 38.9. The molecule has 162 valence electrons. The average molecular weight is 421 g/mol. The van der Waals surface area contributed by atoms with Crippen LogP contribution in [0.4, 0.5) is 4.39 Å². The lowest BCUT2D eigenvalue weighted by molar-refractivity contribution is -0.142. The summed E-state index contributed by atoms with van der Waals surface area (Å²) in [6.07, 6.45) is 0.448. The quantitative estimate of drug-likeness (QED) is 0.440. The Balaban J connectivity index is 1.75. The second kappa shape index (κ2) is 11.5. The van der Waals surface area contributed by atoms with Gasteiger partial charge in [-0.3, -0.25) is 9.59 Å². The molecule has 0 aliphatic carbocycles. The van der Waals surface area contributed by atoms with Crippen LogP contribution in [0.5, 0.6) is 23.0 Å². The van der Waals surface area contributed by atoms with Gasteiger partial charge >= 0.3 is 5.97 Å². The molecule has 2 aromatic rings. The molecule has 0 aliphatic rings. The topological polar surface area (TPSA) is 92.3 Å². The molecule has 0 unspecified atom stereocenters. The van der Waals surface area contributed by atoms with Crippen LogP contribution < -0.4 is 24.3 Å². The SMILES string of the molecule is COc1cc(C(=O)NCC(=O)OCCCOc2ccc(F)cc2)cc(OC)c1OC. The van der Waals surface area contributed by atoms with Crippen molar-refractivity contribution in [2.24, 2.45) is 0 Å². The van der Waals surface area contributed by atoms with E-state index in [2.05, 4.69) is 5.32 Å². The molecule has 0 radical (unpaired) electrons. The lowest BCUT2D eigenvalue weighted by Gasteiger charge is -2.14. The number of esters is 1. The lowest BCUT2D eigenvalue weighted by atomic mass is 10.1. The van der Waals surface area contributed by atoms with Gasteiger partial charge in [-0.15, -0.1) is 0 Å². The molecule has 1 amide bonds. The van der Waals surface area contributed by atoms with Gasteiger partial charge in [-0.05, 0) is 36.4 Å². The summed E-state index contributed by atoms with van der Waals surface area (Å²) >= 11 is 0. The van der Waals surface area contributed by atoms with E-state index in [1.54, 1.807) is 0 Å². The molecule has 0 spiro atoms. The molecule has 0 atom stereocenters. The predicted octanol–water partition coefficient (Wildman–Crippen LogP) is 2.59. The highest BCUT2D eigenvalue weighted by Crippen LogP contribution is 2.38. The van der Waals surface area contributed by atoms with Crippen molar-refractivity contribution in [1.82, 2.24) is 5.32 Å². The number of amides is 1. The van der Waals surface area contributed by atoms with Crippen molar-refractivity contribution in [3.05, 3.63) is 47.8 Å². The average Bonchev–Trinajstić information content (AvgIpc) is 2.77. The number of nitrogens with one attached hydrogen (secondary N) is 1. The molecule has 1 N–H and O–H groups in total. The molecule has 8 nitrogen and oxygen atoms in total. The van der Waals surface area contributed by atoms with Gasteiger partial charge in [0.25, 0.3) is 5.91 Å². The van der Waals surface area contributed by atoms with Gasteiger partial charge in [0.15, 0.2) is 11.5 Å². The van der Waals surface area contributed by atoms with Crippen LogP contribution in [0, 0.1) is 5.82 Å². The van der Waals surface area contributed by atoms with E-state index in [4.69, 9.17) is 23.7 Å². The van der Waals surface area contributed by atoms with Crippen molar-refractivity contribution in [2.45, 2.75) is 6.42 Å². The van der Waals surface area contributed by atoms with Gasteiger partial charge in [0.2, 0.25) is 5.75 Å². The summed E-state index contributed by atoms with van der Waals surface area (Å²) in [6.45, 7) is 0.130. The first kappa shape index (κ1) is 22.8. The van der Waals surface area contributed by atoms with E-state index in [0.717, 1.165) is 0 Å². The summed E-state index contributed by atoms with van der Waals surface area (Å²) in [6, 6.07) is 8.59. The van der Waals surface area contributed by atoms with Crippen LogP contribution in [0.15, 0.2) is 36.4 Å². The number of halogens is 1. The van der Waals surface area contributed by atoms with Crippen LogP contribution in [0.25, 0.3) is 0 Å². The Bertz CT molecular complexity index is 830. The molecule has 0 saturated heterocycles. The number of methoxy groups -OCH3 is 3. The number of hydrogen-bond acceptors (Lipinski definition) is 7. The molecule has 0 aromatic heterocycles. The minimum Gasteiger partial charge on any atom is -0.493 e. The lowest BCUT2D eigenvalue weighted by Crippen LogP contribution is -2.31. The maximum Gasteiger partial charge on any atom is 0.325 e. The van der Waals surface area contributed by atoms with Crippen molar-refractivity contribution >= 4 is 11.9 Å². The maximum absolute atomic E-state index is 12.8. The van der Waals surface area contributed by atoms with Crippen LogP contribution in [0.2, 0.25) is 0 Å². The van der Waals surface area contributed by atoms with Crippen LogP contribution in [-0.2, 0) is 9.53 Å². The van der Waals surface area contributed by atoms with Gasteiger partial charge < -0.3 is 29.0 Å². The number of carbonyl (C=O) groups is 2. The van der Waals surface area contributed by atoms with Crippen molar-refractivity contribution in [3.8, 4) is 23.0 Å². The fraction of sp³-hybridized carbons (Fsp3) is 0.333. The number of benzene rings is 2. The Morgan fingerprint density at radius 3 is 2.13 bits per heavy atom. The molecule has 0 bridgehead atoms. The van der Waals surface area contributed by atoms with Crippen molar-refractivity contribution < 1.29 is 37.7 Å². The van der Waals surface area contributed by atoms with E-state index in [9.17, 15) is 14.0 Å². The monoisotopic (exact) mass is 421 g/mol. The third kappa shape index (κ3) is 6.54. The molecule has 2 rings (SSSR count). The molecule has 0 aliphatic heterocycles. The van der Waals surface area contributed by atoms with Crippen LogP contribution in [0.3, 0.4) is 0 Å². The molecular formula is C21H24FNO7. The Kier molecular flexibility index (Phi) is 8.74. The molecule has 0 heterocycles. The van der Waals surface area contributed by atoms with Crippen LogP contribution in [-0.4, -0.2) is 53.0 Å². The number of carbonyl (C=O) groups excluding carboxylic acids is 2. The van der Waals surface area contributed by atoms with Crippen LogP contribution in [0.1, 0.15) is 16.8 Å². The van der Waals surface area contributed by atoms with E-state index in [-0.39, 0.29) is 24.5 Å². The maximum atomic E-state index is 12.8. The van der Waals surface area contributed by atoms with Gasteiger partial charge in [-0.2, -0.15) is 0 Å². The largest absolute Gasteiger partial charge is 0.493 e. The fourth-order valence-corrected chi connectivity index (χ4v) is 2.48. The summed E-state index contributed by atoms with van der Waals surface area (Å²) in [5, 5.41) is 2.48. The highest BCUT2D eigenvalue weighted by atomic mass is 19.1. The molecule has 2 aromatic carbocycles. The van der Waals surface area contributed by atoms with Crippen molar-refractivity contribution in [3.63, 3.8) is 0 Å². The zero-order valence-electron chi connectivity index (χ0n) is 17.0. The molecule has 0 saturated carbocycles. The van der Waals surface area contributed by atoms with E-state index in [1.807, 2.05) is 0 Å². The van der Waals surface area contributed by atoms with E-state index >= 15 is 0 Å². The molecular weight excluding hydrogens is 397 g/mol. The zero-order valence-corrected chi connectivity index (χ0v) is 17.0. The third-order valence-corrected chi connectivity index (χ3v) is 3.95. The zero-order chi connectivity index (χ0) is 21.9. The highest BCUT2D eigenvalue weighted by molar-refractivity contribution is 5.97. The Hall–Kier alpha value is -3.49. The second-order valence-electron chi connectivity index (χ2n) is 5.97. The van der Waals surface area contributed by atoms with Gasteiger partial charge in [0.05, 0.1) is 34.5 Å². The van der Waals surface area contributed by atoms with Gasteiger partial charge in [-0.1, -0.05) is 0 Å². The second-order valence-corrected chi connectivity index (χ2v) is 5.97.